The predicted octanol–water partition coefficient (Wildman–Crippen LogP) is 6.77. The second-order valence-corrected chi connectivity index (χ2v) is 8.92. The lowest BCUT2D eigenvalue weighted by Gasteiger charge is -2.22. The van der Waals surface area contributed by atoms with Gasteiger partial charge in [-0.05, 0) is 53.1 Å². The molecule has 0 bridgehead atoms. The van der Waals surface area contributed by atoms with Gasteiger partial charge >= 0.3 is 0 Å². The average Bonchev–Trinajstić information content (AvgIpc) is 2.92. The fraction of sp³-hybridized carbons (Fsp3) is 0.0333. The number of nitrogens with one attached hydrogen (secondary N) is 1. The highest BCUT2D eigenvalue weighted by Gasteiger charge is 2.23. The quantitative estimate of drug-likeness (QED) is 0.203. The van der Waals surface area contributed by atoms with Crippen molar-refractivity contribution in [2.45, 2.75) is 5.92 Å². The molecule has 0 fully saturated rings. The lowest BCUT2D eigenvalue weighted by Crippen LogP contribution is -2.17. The average molecular weight is 524 g/mol. The number of hydrogen-bond acceptors (Lipinski definition) is 6. The SMILES string of the molecule is O=C(Nc1ccc(Oc2cncc(Cl)c2)nc1)c1ccccc1C(c1ccc(O)cc1)c1ccc(O)cc1. The maximum Gasteiger partial charge on any atom is 0.256 e. The van der Waals surface area contributed by atoms with E-state index in [4.69, 9.17) is 16.3 Å². The Bertz CT molecular complexity index is 1510. The minimum absolute atomic E-state index is 0.149. The Labute approximate surface area is 224 Å². The molecule has 0 saturated carbocycles. The Morgan fingerprint density at radius 3 is 2.08 bits per heavy atom. The normalized spacial score (nSPS) is 10.8. The summed E-state index contributed by atoms with van der Waals surface area (Å²) in [6.07, 6.45) is 4.54. The van der Waals surface area contributed by atoms with Crippen LogP contribution in [-0.2, 0) is 0 Å². The van der Waals surface area contributed by atoms with Crippen LogP contribution in [0, 0.1) is 0 Å². The summed E-state index contributed by atoms with van der Waals surface area (Å²) < 4.78 is 5.66. The third kappa shape index (κ3) is 5.74. The zero-order valence-electron chi connectivity index (χ0n) is 20.0. The van der Waals surface area contributed by atoms with E-state index in [1.54, 1.807) is 54.6 Å². The maximum absolute atomic E-state index is 13.5. The summed E-state index contributed by atoms with van der Waals surface area (Å²) in [5, 5.41) is 23.0. The van der Waals surface area contributed by atoms with Crippen molar-refractivity contribution < 1.29 is 19.7 Å². The zero-order valence-corrected chi connectivity index (χ0v) is 20.7. The van der Waals surface area contributed by atoms with Crippen LogP contribution in [0.5, 0.6) is 23.1 Å². The third-order valence-electron chi connectivity index (χ3n) is 5.87. The smallest absolute Gasteiger partial charge is 0.256 e. The molecule has 0 aliphatic carbocycles. The predicted molar refractivity (Wildman–Crippen MR) is 145 cm³/mol. The number of hydrogen-bond donors (Lipinski definition) is 3. The van der Waals surface area contributed by atoms with Crippen molar-refractivity contribution in [2.24, 2.45) is 0 Å². The molecule has 0 saturated heterocycles. The van der Waals surface area contributed by atoms with Crippen LogP contribution < -0.4 is 10.1 Å². The molecule has 0 unspecified atom stereocenters. The molecule has 2 heterocycles. The number of benzene rings is 3. The van der Waals surface area contributed by atoms with Gasteiger partial charge in [-0.15, -0.1) is 0 Å². The molecule has 188 valence electrons. The molecular formula is C30H22ClN3O4. The first-order valence-corrected chi connectivity index (χ1v) is 12.1. The first kappa shape index (κ1) is 24.8. The number of carbonyl (C=O) groups excluding carboxylic acids is 1. The summed E-state index contributed by atoms with van der Waals surface area (Å²) in [7, 11) is 0. The van der Waals surface area contributed by atoms with E-state index in [0.29, 0.717) is 27.9 Å². The van der Waals surface area contributed by atoms with E-state index in [-0.39, 0.29) is 23.3 Å². The van der Waals surface area contributed by atoms with Gasteiger partial charge in [-0.25, -0.2) is 4.98 Å². The number of amides is 1. The van der Waals surface area contributed by atoms with Crippen molar-refractivity contribution in [1.29, 1.82) is 0 Å². The van der Waals surface area contributed by atoms with Gasteiger partial charge in [0.2, 0.25) is 5.88 Å². The first-order valence-electron chi connectivity index (χ1n) is 11.7. The molecular weight excluding hydrogens is 502 g/mol. The molecule has 0 aliphatic heterocycles. The fourth-order valence-electron chi connectivity index (χ4n) is 4.12. The second-order valence-electron chi connectivity index (χ2n) is 8.48. The van der Waals surface area contributed by atoms with E-state index in [1.165, 1.54) is 18.6 Å². The van der Waals surface area contributed by atoms with Crippen molar-refractivity contribution in [3.63, 3.8) is 0 Å². The molecule has 3 aromatic carbocycles. The molecule has 5 aromatic rings. The monoisotopic (exact) mass is 523 g/mol. The number of phenolic OH excluding ortho intramolecular Hbond substituents is 2. The summed E-state index contributed by atoms with van der Waals surface area (Å²) in [4.78, 5) is 21.7. The van der Waals surface area contributed by atoms with E-state index in [2.05, 4.69) is 15.3 Å². The molecule has 7 nitrogen and oxygen atoms in total. The molecule has 1 amide bonds. The zero-order chi connectivity index (χ0) is 26.5. The summed E-state index contributed by atoms with van der Waals surface area (Å²) in [5.41, 5.74) is 3.50. The van der Waals surface area contributed by atoms with Gasteiger partial charge in [-0.2, -0.15) is 0 Å². The molecule has 0 atom stereocenters. The van der Waals surface area contributed by atoms with Crippen molar-refractivity contribution in [3.8, 4) is 23.1 Å². The number of aromatic nitrogens is 2. The summed E-state index contributed by atoms with van der Waals surface area (Å²) in [6, 6.07) is 26.0. The van der Waals surface area contributed by atoms with Crippen LogP contribution in [0.4, 0.5) is 5.69 Å². The summed E-state index contributed by atoms with van der Waals surface area (Å²) >= 11 is 5.95. The number of carbonyl (C=O) groups is 1. The fourth-order valence-corrected chi connectivity index (χ4v) is 4.29. The van der Waals surface area contributed by atoms with Crippen molar-refractivity contribution >= 4 is 23.2 Å². The summed E-state index contributed by atoms with van der Waals surface area (Å²) in [6.45, 7) is 0. The third-order valence-corrected chi connectivity index (χ3v) is 6.07. The van der Waals surface area contributed by atoms with Gasteiger partial charge in [0.05, 0.1) is 23.1 Å². The van der Waals surface area contributed by atoms with E-state index in [9.17, 15) is 15.0 Å². The molecule has 8 heteroatoms. The van der Waals surface area contributed by atoms with Crippen LogP contribution in [-0.4, -0.2) is 26.1 Å². The van der Waals surface area contributed by atoms with Crippen LogP contribution >= 0.6 is 11.6 Å². The van der Waals surface area contributed by atoms with Gasteiger partial charge in [0, 0.05) is 29.8 Å². The van der Waals surface area contributed by atoms with Crippen molar-refractivity contribution in [3.05, 3.63) is 137 Å². The van der Waals surface area contributed by atoms with Gasteiger partial charge < -0.3 is 20.3 Å². The molecule has 2 aromatic heterocycles. The Hall–Kier alpha value is -4.88. The van der Waals surface area contributed by atoms with Crippen LogP contribution in [0.2, 0.25) is 5.02 Å². The number of aromatic hydroxyl groups is 2. The van der Waals surface area contributed by atoms with Crippen molar-refractivity contribution in [1.82, 2.24) is 9.97 Å². The van der Waals surface area contributed by atoms with Gasteiger partial charge in [-0.1, -0.05) is 54.1 Å². The minimum atomic E-state index is -0.321. The van der Waals surface area contributed by atoms with E-state index in [0.717, 1.165) is 16.7 Å². The van der Waals surface area contributed by atoms with Gasteiger partial charge in [0.1, 0.15) is 17.2 Å². The van der Waals surface area contributed by atoms with Gasteiger partial charge in [0.15, 0.2) is 0 Å². The molecule has 3 N–H and O–H groups in total. The standard InChI is InChI=1S/C30H22ClN3O4/c31-21-15-25(18-32-16-21)38-28-14-9-22(17-33-28)34-30(37)27-4-2-1-3-26(27)29(19-5-10-23(35)11-6-19)20-7-12-24(36)13-8-20/h1-18,29,35-36H,(H,34,37). The minimum Gasteiger partial charge on any atom is -0.508 e. The van der Waals surface area contributed by atoms with Crippen molar-refractivity contribution in [2.75, 3.05) is 5.32 Å². The van der Waals surface area contributed by atoms with E-state index in [1.807, 2.05) is 36.4 Å². The van der Waals surface area contributed by atoms with E-state index < -0.39 is 0 Å². The Morgan fingerprint density at radius 1 is 0.816 bits per heavy atom. The summed E-state index contributed by atoms with van der Waals surface area (Å²) in [5.74, 6) is 0.444. The van der Waals surface area contributed by atoms with Gasteiger partial charge in [-0.3, -0.25) is 9.78 Å². The number of nitrogens with zero attached hydrogens (tertiary/aromatic N) is 2. The van der Waals surface area contributed by atoms with Crippen LogP contribution in [0.25, 0.3) is 0 Å². The molecule has 0 radical (unpaired) electrons. The van der Waals surface area contributed by atoms with Crippen LogP contribution in [0.1, 0.15) is 33.0 Å². The number of phenols is 2. The Morgan fingerprint density at radius 2 is 1.47 bits per heavy atom. The van der Waals surface area contributed by atoms with Crippen LogP contribution in [0.15, 0.2) is 110 Å². The Balaban J connectivity index is 1.42. The number of halogens is 1. The molecule has 0 aliphatic rings. The highest BCUT2D eigenvalue weighted by atomic mass is 35.5. The number of rotatable bonds is 7. The second kappa shape index (κ2) is 11.0. The van der Waals surface area contributed by atoms with E-state index >= 15 is 0 Å². The molecule has 5 rings (SSSR count). The van der Waals surface area contributed by atoms with Gasteiger partial charge in [0.25, 0.3) is 5.91 Å². The highest BCUT2D eigenvalue weighted by Crippen LogP contribution is 2.35. The molecule has 0 spiro atoms. The lowest BCUT2D eigenvalue weighted by atomic mass is 9.82. The highest BCUT2D eigenvalue weighted by molar-refractivity contribution is 6.30. The largest absolute Gasteiger partial charge is 0.508 e. The first-order chi connectivity index (χ1) is 18.5. The Kier molecular flexibility index (Phi) is 7.19. The molecule has 38 heavy (non-hydrogen) atoms. The lowest BCUT2D eigenvalue weighted by molar-refractivity contribution is 0.102. The topological polar surface area (TPSA) is 105 Å². The van der Waals surface area contributed by atoms with Crippen LogP contribution in [0.3, 0.4) is 0 Å². The maximum atomic E-state index is 13.5. The number of pyridine rings is 2. The number of ether oxygens (including phenoxy) is 1. The number of anilines is 1.